The van der Waals surface area contributed by atoms with E-state index in [1.165, 1.54) is 6.07 Å². The van der Waals surface area contributed by atoms with Crippen molar-refractivity contribution in [1.82, 2.24) is 5.32 Å². The Morgan fingerprint density at radius 2 is 1.84 bits per heavy atom. The Labute approximate surface area is 226 Å². The van der Waals surface area contributed by atoms with Gasteiger partial charge in [-0.15, -0.1) is 0 Å². The largest absolute Gasteiger partial charge is 0.493 e. The molecule has 0 aromatic heterocycles. The van der Waals surface area contributed by atoms with Crippen molar-refractivity contribution in [2.45, 2.75) is 58.2 Å². The monoisotopic (exact) mass is 544 g/mol. The number of alkyl halides is 3. The molecular formula is C28H31F3N4O2S. The van der Waals surface area contributed by atoms with Crippen LogP contribution in [-0.2, 0) is 17.4 Å². The predicted octanol–water partition coefficient (Wildman–Crippen LogP) is 5.82. The van der Waals surface area contributed by atoms with Crippen molar-refractivity contribution in [3.63, 3.8) is 0 Å². The van der Waals surface area contributed by atoms with Crippen molar-refractivity contribution in [3.05, 3.63) is 53.1 Å². The molecule has 202 valence electrons. The average Bonchev–Trinajstić information content (AvgIpc) is 3.07. The van der Waals surface area contributed by atoms with Crippen LogP contribution < -0.4 is 19.9 Å². The number of carbonyl (C=O) groups is 1. The van der Waals surface area contributed by atoms with Gasteiger partial charge in [-0.05, 0) is 113 Å². The lowest BCUT2D eigenvalue weighted by atomic mass is 9.95. The third-order valence-corrected chi connectivity index (χ3v) is 7.65. The van der Waals surface area contributed by atoms with Gasteiger partial charge in [0.1, 0.15) is 11.3 Å². The molecule has 0 aliphatic carbocycles. The van der Waals surface area contributed by atoms with Crippen molar-refractivity contribution in [2.24, 2.45) is 5.92 Å². The lowest BCUT2D eigenvalue weighted by Gasteiger charge is -2.30. The third-order valence-electron chi connectivity index (χ3n) is 7.28. The van der Waals surface area contributed by atoms with Gasteiger partial charge < -0.3 is 15.0 Å². The van der Waals surface area contributed by atoms with Gasteiger partial charge >= 0.3 is 6.18 Å². The minimum absolute atomic E-state index is 0.0320. The number of anilines is 2. The minimum Gasteiger partial charge on any atom is -0.493 e. The molecule has 2 saturated heterocycles. The van der Waals surface area contributed by atoms with Gasteiger partial charge in [0, 0.05) is 5.69 Å². The van der Waals surface area contributed by atoms with E-state index in [2.05, 4.69) is 5.32 Å². The molecular weight excluding hydrogens is 513 g/mol. The number of carbonyl (C=O) groups excluding carboxylic acids is 1. The maximum atomic E-state index is 13.6. The summed E-state index contributed by atoms with van der Waals surface area (Å²) in [6.07, 6.45) is -0.763. The van der Waals surface area contributed by atoms with E-state index in [1.54, 1.807) is 24.8 Å². The highest BCUT2D eigenvalue weighted by Crippen LogP contribution is 2.40. The Morgan fingerprint density at radius 3 is 2.47 bits per heavy atom. The summed E-state index contributed by atoms with van der Waals surface area (Å²) in [4.78, 5) is 16.2. The number of hydrogen-bond donors (Lipinski definition) is 1. The second-order valence-corrected chi connectivity index (χ2v) is 10.5. The summed E-state index contributed by atoms with van der Waals surface area (Å²) in [5, 5.41) is 12.6. The van der Waals surface area contributed by atoms with Gasteiger partial charge in [0.25, 0.3) is 5.91 Å². The summed E-state index contributed by atoms with van der Waals surface area (Å²) in [5.74, 6) is 0.972. The van der Waals surface area contributed by atoms with E-state index in [-0.39, 0.29) is 10.8 Å². The molecule has 10 heteroatoms. The van der Waals surface area contributed by atoms with Gasteiger partial charge in [-0.1, -0.05) is 6.92 Å². The quantitative estimate of drug-likeness (QED) is 0.443. The zero-order valence-corrected chi connectivity index (χ0v) is 22.5. The maximum Gasteiger partial charge on any atom is 0.417 e. The van der Waals surface area contributed by atoms with Crippen LogP contribution in [0.1, 0.15) is 56.7 Å². The highest BCUT2D eigenvalue weighted by molar-refractivity contribution is 7.81. The number of nitrogens with one attached hydrogen (secondary N) is 1. The number of aryl methyl sites for hydroxylation is 1. The van der Waals surface area contributed by atoms with Gasteiger partial charge in [0.15, 0.2) is 5.11 Å². The summed E-state index contributed by atoms with van der Waals surface area (Å²) in [7, 11) is 0. The second-order valence-electron chi connectivity index (χ2n) is 10.1. The first-order valence-corrected chi connectivity index (χ1v) is 13.2. The molecule has 2 aliphatic heterocycles. The van der Waals surface area contributed by atoms with Gasteiger partial charge in [-0.25, -0.2) is 0 Å². The molecule has 0 atom stereocenters. The molecule has 2 aliphatic rings. The second kappa shape index (κ2) is 10.9. The molecule has 2 heterocycles. The highest BCUT2D eigenvalue weighted by Gasteiger charge is 2.50. The first-order chi connectivity index (χ1) is 18.0. The number of thiocarbonyl (C=S) groups is 1. The number of amides is 1. The summed E-state index contributed by atoms with van der Waals surface area (Å²) in [6, 6.07) is 10.4. The topological polar surface area (TPSA) is 68.6 Å². The van der Waals surface area contributed by atoms with Crippen molar-refractivity contribution in [3.8, 4) is 11.8 Å². The Hall–Kier alpha value is -3.16. The molecule has 0 radical (unpaired) electrons. The smallest absolute Gasteiger partial charge is 0.417 e. The number of nitriles is 1. The fourth-order valence-corrected chi connectivity index (χ4v) is 5.61. The number of rotatable bonds is 7. The van der Waals surface area contributed by atoms with E-state index in [0.29, 0.717) is 24.6 Å². The minimum atomic E-state index is -4.75. The number of benzene rings is 2. The predicted molar refractivity (Wildman–Crippen MR) is 144 cm³/mol. The Balaban J connectivity index is 1.60. The van der Waals surface area contributed by atoms with Crippen LogP contribution in [0.2, 0.25) is 0 Å². The van der Waals surface area contributed by atoms with E-state index < -0.39 is 28.7 Å². The summed E-state index contributed by atoms with van der Waals surface area (Å²) in [6.45, 7) is 8.09. The third kappa shape index (κ3) is 5.36. The molecule has 1 N–H and O–H groups in total. The van der Waals surface area contributed by atoms with E-state index in [1.807, 2.05) is 25.1 Å². The fourth-order valence-electron chi connectivity index (χ4n) is 5.09. The standard InChI is InChI=1S/C28H31F3N4O2S/c1-4-19-15-22(7-8-24(19)37-14-11-18-9-12-33-13-10-18)35-26(38)34(25(36)27(35,2)3)21-6-5-20(17-32)23(16-21)28(29,30)31/h5-8,15-16,18,33H,4,9-14H2,1-3H3. The highest BCUT2D eigenvalue weighted by atomic mass is 32.1. The average molecular weight is 545 g/mol. The number of nitrogens with zero attached hydrogens (tertiary/aromatic N) is 3. The van der Waals surface area contributed by atoms with Crippen LogP contribution >= 0.6 is 12.2 Å². The molecule has 0 spiro atoms. The zero-order valence-electron chi connectivity index (χ0n) is 21.7. The van der Waals surface area contributed by atoms with Gasteiger partial charge in [0.2, 0.25) is 0 Å². The molecule has 2 fully saturated rings. The van der Waals surface area contributed by atoms with Crippen molar-refractivity contribution >= 4 is 34.6 Å². The number of ether oxygens (including phenoxy) is 1. The van der Waals surface area contributed by atoms with Crippen molar-refractivity contribution < 1.29 is 22.7 Å². The molecule has 6 nitrogen and oxygen atoms in total. The Bertz CT molecular complexity index is 1270. The summed E-state index contributed by atoms with van der Waals surface area (Å²) < 4.78 is 46.9. The van der Waals surface area contributed by atoms with E-state index in [9.17, 15) is 18.0 Å². The van der Waals surface area contributed by atoms with Crippen LogP contribution in [-0.4, -0.2) is 36.3 Å². The van der Waals surface area contributed by atoms with E-state index in [0.717, 1.165) is 60.7 Å². The zero-order chi connectivity index (χ0) is 27.7. The lowest BCUT2D eigenvalue weighted by molar-refractivity contribution is -0.137. The van der Waals surface area contributed by atoms with Gasteiger partial charge in [-0.2, -0.15) is 18.4 Å². The number of piperidine rings is 1. The normalized spacial score (nSPS) is 18.1. The molecule has 2 aromatic rings. The fraction of sp³-hybridized carbons (Fsp3) is 0.464. The van der Waals surface area contributed by atoms with Gasteiger partial charge in [0.05, 0.1) is 29.5 Å². The summed E-state index contributed by atoms with van der Waals surface area (Å²) in [5.41, 5.74) is -1.19. The summed E-state index contributed by atoms with van der Waals surface area (Å²) >= 11 is 5.65. The molecule has 0 saturated carbocycles. The van der Waals surface area contributed by atoms with Crippen molar-refractivity contribution in [1.29, 1.82) is 5.26 Å². The number of halogens is 3. The van der Waals surface area contributed by atoms with Crippen LogP contribution in [0.25, 0.3) is 0 Å². The lowest BCUT2D eigenvalue weighted by Crippen LogP contribution is -2.44. The van der Waals surface area contributed by atoms with Crippen molar-refractivity contribution in [2.75, 3.05) is 29.5 Å². The van der Waals surface area contributed by atoms with Crippen LogP contribution in [0, 0.1) is 17.2 Å². The SMILES string of the molecule is CCc1cc(N2C(=S)N(c3ccc(C#N)c(C(F)(F)F)c3)C(=O)C2(C)C)ccc1OCCC1CCNCC1. The molecule has 38 heavy (non-hydrogen) atoms. The number of hydrogen-bond acceptors (Lipinski definition) is 5. The molecule has 0 unspecified atom stereocenters. The van der Waals surface area contributed by atoms with Gasteiger partial charge in [-0.3, -0.25) is 9.69 Å². The first-order valence-electron chi connectivity index (χ1n) is 12.8. The first kappa shape index (κ1) is 27.9. The molecule has 1 amide bonds. The molecule has 2 aromatic carbocycles. The van der Waals surface area contributed by atoms with Crippen LogP contribution in [0.3, 0.4) is 0 Å². The van der Waals surface area contributed by atoms with Crippen LogP contribution in [0.15, 0.2) is 36.4 Å². The molecule has 0 bridgehead atoms. The van der Waals surface area contributed by atoms with E-state index in [4.69, 9.17) is 22.2 Å². The van der Waals surface area contributed by atoms with Crippen LogP contribution in [0.5, 0.6) is 5.75 Å². The Kier molecular flexibility index (Phi) is 8.00. The van der Waals surface area contributed by atoms with E-state index >= 15 is 0 Å². The van der Waals surface area contributed by atoms with Crippen LogP contribution in [0.4, 0.5) is 24.5 Å². The Morgan fingerprint density at radius 1 is 1.16 bits per heavy atom. The molecule has 4 rings (SSSR count). The maximum absolute atomic E-state index is 13.6.